The molecule has 1 spiro atoms. The zero-order chi connectivity index (χ0) is 21.6. The standard InChI is InChI=1S/C23H24FN5O2/c1-28-14-26-19-13-16(3-5-20(19)28)15-2-4-17(18(24)12-15)21(30)29-10-8-25-22(31)23(6-7-23)27-9-11-29/h2-5,12-14,27H,6-11H2,1H3,(H,25,31). The molecule has 1 aromatic heterocycles. The van der Waals surface area contributed by atoms with E-state index >= 15 is 0 Å². The second kappa shape index (κ2) is 7.46. The van der Waals surface area contributed by atoms with Crippen molar-refractivity contribution in [3.63, 3.8) is 0 Å². The van der Waals surface area contributed by atoms with Crippen LogP contribution in [0.4, 0.5) is 4.39 Å². The van der Waals surface area contributed by atoms with Gasteiger partial charge in [0.1, 0.15) is 5.82 Å². The Labute approximate surface area is 179 Å². The summed E-state index contributed by atoms with van der Waals surface area (Å²) in [5.41, 5.74) is 2.93. The molecular formula is C23H24FN5O2. The van der Waals surface area contributed by atoms with Gasteiger partial charge < -0.3 is 20.1 Å². The first-order chi connectivity index (χ1) is 15.0. The smallest absolute Gasteiger partial charge is 0.256 e. The third-order valence-electron chi connectivity index (χ3n) is 6.24. The van der Waals surface area contributed by atoms with Gasteiger partial charge in [-0.15, -0.1) is 0 Å². The Bertz CT molecular complexity index is 1180. The first kappa shape index (κ1) is 19.7. The highest BCUT2D eigenvalue weighted by atomic mass is 19.1. The molecule has 8 heteroatoms. The monoisotopic (exact) mass is 421 g/mol. The zero-order valence-electron chi connectivity index (χ0n) is 17.3. The van der Waals surface area contributed by atoms with Crippen LogP contribution in [0.5, 0.6) is 0 Å². The molecule has 5 rings (SSSR count). The number of carbonyl (C=O) groups excluding carboxylic acids is 2. The number of aryl methyl sites for hydroxylation is 1. The Morgan fingerprint density at radius 1 is 1.10 bits per heavy atom. The molecule has 0 radical (unpaired) electrons. The largest absolute Gasteiger partial charge is 0.353 e. The maximum absolute atomic E-state index is 15.0. The molecule has 2 fully saturated rings. The minimum atomic E-state index is -0.556. The number of hydrogen-bond donors (Lipinski definition) is 2. The number of fused-ring (bicyclic) bond motifs is 1. The average molecular weight is 421 g/mol. The molecule has 0 bridgehead atoms. The van der Waals surface area contributed by atoms with E-state index in [1.807, 2.05) is 29.8 Å². The van der Waals surface area contributed by atoms with Crippen molar-refractivity contribution in [1.29, 1.82) is 0 Å². The Morgan fingerprint density at radius 3 is 2.61 bits per heavy atom. The van der Waals surface area contributed by atoms with Gasteiger partial charge in [0, 0.05) is 33.2 Å². The number of hydrogen-bond acceptors (Lipinski definition) is 4. The maximum atomic E-state index is 15.0. The normalized spacial score (nSPS) is 18.4. The molecule has 0 unspecified atom stereocenters. The third-order valence-corrected chi connectivity index (χ3v) is 6.24. The van der Waals surface area contributed by atoms with Gasteiger partial charge in [-0.2, -0.15) is 0 Å². The van der Waals surface area contributed by atoms with Gasteiger partial charge in [-0.3, -0.25) is 9.59 Å². The van der Waals surface area contributed by atoms with Gasteiger partial charge in [0.25, 0.3) is 5.91 Å². The highest BCUT2D eigenvalue weighted by Crippen LogP contribution is 2.35. The Hall–Kier alpha value is -3.26. The van der Waals surface area contributed by atoms with E-state index in [2.05, 4.69) is 15.6 Å². The van der Waals surface area contributed by atoms with Crippen LogP contribution >= 0.6 is 0 Å². The number of aromatic nitrogens is 2. The summed E-state index contributed by atoms with van der Waals surface area (Å²) < 4.78 is 16.9. The molecular weight excluding hydrogens is 397 g/mol. The molecule has 2 N–H and O–H groups in total. The molecule has 31 heavy (non-hydrogen) atoms. The Balaban J connectivity index is 1.36. The lowest BCUT2D eigenvalue weighted by Gasteiger charge is -2.22. The molecule has 2 amide bonds. The number of imidazole rings is 1. The molecule has 0 atom stereocenters. The molecule has 160 valence electrons. The number of halogens is 1. The van der Waals surface area contributed by atoms with Gasteiger partial charge >= 0.3 is 0 Å². The minimum Gasteiger partial charge on any atom is -0.353 e. The van der Waals surface area contributed by atoms with Crippen molar-refractivity contribution in [2.24, 2.45) is 7.05 Å². The van der Waals surface area contributed by atoms with Gasteiger partial charge in [0.05, 0.1) is 28.5 Å². The van der Waals surface area contributed by atoms with Crippen molar-refractivity contribution in [2.75, 3.05) is 26.2 Å². The highest BCUT2D eigenvalue weighted by Gasteiger charge is 2.49. The molecule has 2 heterocycles. The van der Waals surface area contributed by atoms with E-state index in [1.54, 1.807) is 17.3 Å². The van der Waals surface area contributed by atoms with E-state index in [4.69, 9.17) is 0 Å². The van der Waals surface area contributed by atoms with E-state index in [0.717, 1.165) is 29.4 Å². The van der Waals surface area contributed by atoms with Crippen molar-refractivity contribution in [3.8, 4) is 11.1 Å². The molecule has 1 saturated heterocycles. The van der Waals surface area contributed by atoms with E-state index in [1.165, 1.54) is 12.1 Å². The minimum absolute atomic E-state index is 0.0118. The quantitative estimate of drug-likeness (QED) is 0.664. The van der Waals surface area contributed by atoms with Crippen molar-refractivity contribution in [2.45, 2.75) is 18.4 Å². The van der Waals surface area contributed by atoms with Crippen molar-refractivity contribution < 1.29 is 14.0 Å². The number of amides is 2. The number of nitrogens with one attached hydrogen (secondary N) is 2. The van der Waals surface area contributed by atoms with Gasteiger partial charge in [-0.1, -0.05) is 12.1 Å². The molecule has 2 aliphatic rings. The summed E-state index contributed by atoms with van der Waals surface area (Å²) in [6.07, 6.45) is 3.37. The van der Waals surface area contributed by atoms with Crippen LogP contribution in [-0.4, -0.2) is 58.0 Å². The van der Waals surface area contributed by atoms with Crippen molar-refractivity contribution in [1.82, 2.24) is 25.1 Å². The van der Waals surface area contributed by atoms with Crippen LogP contribution in [0.3, 0.4) is 0 Å². The van der Waals surface area contributed by atoms with E-state index in [-0.39, 0.29) is 17.4 Å². The molecule has 2 aromatic carbocycles. The molecule has 3 aromatic rings. The van der Waals surface area contributed by atoms with Crippen LogP contribution in [0.25, 0.3) is 22.2 Å². The fourth-order valence-corrected chi connectivity index (χ4v) is 4.18. The van der Waals surface area contributed by atoms with E-state index < -0.39 is 11.4 Å². The summed E-state index contributed by atoms with van der Waals surface area (Å²) in [5.74, 6) is -0.937. The van der Waals surface area contributed by atoms with Gasteiger partial charge in [0.2, 0.25) is 5.91 Å². The van der Waals surface area contributed by atoms with Crippen LogP contribution in [0.15, 0.2) is 42.7 Å². The lowest BCUT2D eigenvalue weighted by atomic mass is 10.0. The summed E-state index contributed by atoms with van der Waals surface area (Å²) in [4.78, 5) is 31.2. The first-order valence-electron chi connectivity index (χ1n) is 10.5. The third kappa shape index (κ3) is 3.57. The number of benzene rings is 2. The van der Waals surface area contributed by atoms with Crippen LogP contribution in [-0.2, 0) is 11.8 Å². The van der Waals surface area contributed by atoms with E-state index in [9.17, 15) is 14.0 Å². The van der Waals surface area contributed by atoms with Crippen LogP contribution < -0.4 is 10.6 Å². The predicted octanol–water partition coefficient (Wildman–Crippen LogP) is 2.07. The predicted molar refractivity (Wildman–Crippen MR) is 115 cm³/mol. The Morgan fingerprint density at radius 2 is 1.84 bits per heavy atom. The van der Waals surface area contributed by atoms with Crippen LogP contribution in [0, 0.1) is 5.82 Å². The first-order valence-corrected chi connectivity index (χ1v) is 10.5. The van der Waals surface area contributed by atoms with E-state index in [0.29, 0.717) is 31.7 Å². The number of rotatable bonds is 2. The Kier molecular flexibility index (Phi) is 4.74. The van der Waals surface area contributed by atoms with Crippen LogP contribution in [0.1, 0.15) is 23.2 Å². The number of nitrogens with zero attached hydrogens (tertiary/aromatic N) is 3. The second-order valence-corrected chi connectivity index (χ2v) is 8.31. The summed E-state index contributed by atoms with van der Waals surface area (Å²) in [5, 5.41) is 6.13. The van der Waals surface area contributed by atoms with Crippen molar-refractivity contribution >= 4 is 22.8 Å². The van der Waals surface area contributed by atoms with Gasteiger partial charge in [-0.05, 0) is 48.2 Å². The fraction of sp³-hybridized carbons (Fsp3) is 0.348. The summed E-state index contributed by atoms with van der Waals surface area (Å²) in [7, 11) is 1.92. The summed E-state index contributed by atoms with van der Waals surface area (Å²) in [6.45, 7) is 1.63. The highest BCUT2D eigenvalue weighted by molar-refractivity contribution is 5.95. The summed E-state index contributed by atoms with van der Waals surface area (Å²) in [6, 6.07) is 10.5. The SMILES string of the molecule is Cn1cnc2cc(-c3ccc(C(=O)N4CCNC(=O)C5(CC5)NCC4)c(F)c3)ccc21. The topological polar surface area (TPSA) is 79.3 Å². The molecule has 1 aliphatic carbocycles. The van der Waals surface area contributed by atoms with Crippen molar-refractivity contribution in [3.05, 3.63) is 54.1 Å². The zero-order valence-corrected chi connectivity index (χ0v) is 17.3. The maximum Gasteiger partial charge on any atom is 0.256 e. The fourth-order valence-electron chi connectivity index (χ4n) is 4.18. The lowest BCUT2D eigenvalue weighted by Crippen LogP contribution is -2.46. The lowest BCUT2D eigenvalue weighted by molar-refractivity contribution is -0.124. The number of carbonyl (C=O) groups is 2. The van der Waals surface area contributed by atoms with Gasteiger partial charge in [-0.25, -0.2) is 9.37 Å². The molecule has 1 aliphatic heterocycles. The average Bonchev–Trinajstić information content (AvgIpc) is 3.46. The van der Waals surface area contributed by atoms with Crippen LogP contribution in [0.2, 0.25) is 0 Å². The summed E-state index contributed by atoms with van der Waals surface area (Å²) >= 11 is 0. The molecule has 1 saturated carbocycles. The second-order valence-electron chi connectivity index (χ2n) is 8.31. The van der Waals surface area contributed by atoms with Gasteiger partial charge in [0.15, 0.2) is 0 Å². The molecule has 7 nitrogen and oxygen atoms in total.